The van der Waals surface area contributed by atoms with Crippen molar-refractivity contribution < 1.29 is 9.84 Å². The molecule has 0 radical (unpaired) electrons. The van der Waals surface area contributed by atoms with Crippen LogP contribution in [0.15, 0.2) is 12.3 Å². The summed E-state index contributed by atoms with van der Waals surface area (Å²) < 4.78 is 5.59. The number of rotatable bonds is 3. The zero-order valence-electron chi connectivity index (χ0n) is 10.4. The second kappa shape index (κ2) is 4.63. The molecule has 0 spiro atoms. The zero-order chi connectivity index (χ0) is 12.5. The first-order valence-corrected chi connectivity index (χ1v) is 6.05. The van der Waals surface area contributed by atoms with Crippen molar-refractivity contribution in [1.29, 1.82) is 0 Å². The predicted octanol–water partition coefficient (Wildman–Crippen LogP) is 1.96. The molecule has 1 aromatic rings. The average molecular weight is 236 g/mol. The number of aliphatic hydroxyl groups is 1. The summed E-state index contributed by atoms with van der Waals surface area (Å²) in [6.07, 6.45) is 4.89. The molecule has 2 rings (SSSR count). The van der Waals surface area contributed by atoms with Gasteiger partial charge in [-0.15, -0.1) is 0 Å². The van der Waals surface area contributed by atoms with Crippen molar-refractivity contribution in [1.82, 2.24) is 4.98 Å². The summed E-state index contributed by atoms with van der Waals surface area (Å²) in [7, 11) is 1.66. The molecule has 1 aliphatic carbocycles. The number of hydrogen-bond donors (Lipinski definition) is 2. The first-order chi connectivity index (χ1) is 8.10. The molecule has 1 aromatic heterocycles. The fourth-order valence-electron chi connectivity index (χ4n) is 2.77. The highest BCUT2D eigenvalue weighted by Gasteiger charge is 2.42. The molecule has 3 N–H and O–H groups in total. The third kappa shape index (κ3) is 2.03. The number of aliphatic hydroxyl groups excluding tert-OH is 1. The van der Waals surface area contributed by atoms with Crippen LogP contribution in [0.4, 0.5) is 5.82 Å². The van der Waals surface area contributed by atoms with E-state index in [1.807, 2.05) is 13.0 Å². The van der Waals surface area contributed by atoms with E-state index in [1.165, 1.54) is 0 Å². The van der Waals surface area contributed by atoms with Gasteiger partial charge in [0.15, 0.2) is 0 Å². The molecule has 1 aliphatic rings. The summed E-state index contributed by atoms with van der Waals surface area (Å²) >= 11 is 0. The summed E-state index contributed by atoms with van der Waals surface area (Å²) in [4.78, 5) is 4.06. The van der Waals surface area contributed by atoms with Crippen LogP contribution >= 0.6 is 0 Å². The van der Waals surface area contributed by atoms with Crippen LogP contribution in [0.25, 0.3) is 0 Å². The van der Waals surface area contributed by atoms with Crippen molar-refractivity contribution in [3.63, 3.8) is 0 Å². The maximum Gasteiger partial charge on any atom is 0.129 e. The topological polar surface area (TPSA) is 68.4 Å². The van der Waals surface area contributed by atoms with Crippen LogP contribution in [0.2, 0.25) is 0 Å². The van der Waals surface area contributed by atoms with E-state index < -0.39 is 11.7 Å². The van der Waals surface area contributed by atoms with Gasteiger partial charge in [-0.05, 0) is 31.4 Å². The van der Waals surface area contributed by atoms with Crippen LogP contribution in [-0.2, 0) is 4.74 Å². The van der Waals surface area contributed by atoms with Crippen molar-refractivity contribution >= 4 is 5.82 Å². The highest BCUT2D eigenvalue weighted by atomic mass is 16.5. The minimum absolute atomic E-state index is 0.404. The van der Waals surface area contributed by atoms with E-state index in [4.69, 9.17) is 10.5 Å². The van der Waals surface area contributed by atoms with Crippen LogP contribution in [-0.4, -0.2) is 22.8 Å². The van der Waals surface area contributed by atoms with Crippen LogP contribution in [0.5, 0.6) is 0 Å². The van der Waals surface area contributed by atoms with E-state index in [2.05, 4.69) is 4.98 Å². The number of hydrogen-bond acceptors (Lipinski definition) is 4. The molecule has 0 amide bonds. The summed E-state index contributed by atoms with van der Waals surface area (Å²) in [6, 6.07) is 1.87. The summed E-state index contributed by atoms with van der Waals surface area (Å²) in [5.41, 5.74) is 7.08. The van der Waals surface area contributed by atoms with Crippen molar-refractivity contribution in [2.45, 2.75) is 44.3 Å². The molecule has 4 nitrogen and oxygen atoms in total. The molecule has 4 heteroatoms. The number of methoxy groups -OCH3 is 1. The molecule has 0 bridgehead atoms. The number of nitrogen functional groups attached to an aromatic ring is 1. The van der Waals surface area contributed by atoms with Gasteiger partial charge in [-0.25, -0.2) is 4.98 Å². The number of pyridine rings is 1. The van der Waals surface area contributed by atoms with Crippen LogP contribution in [0, 0.1) is 6.92 Å². The van der Waals surface area contributed by atoms with Crippen LogP contribution in [0.3, 0.4) is 0 Å². The summed E-state index contributed by atoms with van der Waals surface area (Å²) in [6.45, 7) is 1.94. The van der Waals surface area contributed by atoms with E-state index in [-0.39, 0.29) is 0 Å². The first kappa shape index (κ1) is 12.3. The lowest BCUT2D eigenvalue weighted by Crippen LogP contribution is -2.36. The molecule has 94 valence electrons. The van der Waals surface area contributed by atoms with Crippen molar-refractivity contribution in [2.75, 3.05) is 12.8 Å². The minimum Gasteiger partial charge on any atom is -0.385 e. The van der Waals surface area contributed by atoms with Crippen molar-refractivity contribution in [3.8, 4) is 0 Å². The molecular formula is C13H20N2O2. The number of aromatic nitrogens is 1. The van der Waals surface area contributed by atoms with Crippen molar-refractivity contribution in [3.05, 3.63) is 23.4 Å². The average Bonchev–Trinajstić information content (AvgIpc) is 2.78. The second-order valence-electron chi connectivity index (χ2n) is 4.81. The minimum atomic E-state index is -0.691. The van der Waals surface area contributed by atoms with E-state index in [9.17, 15) is 5.11 Å². The fourth-order valence-corrected chi connectivity index (χ4v) is 2.77. The van der Waals surface area contributed by atoms with E-state index in [1.54, 1.807) is 13.3 Å². The van der Waals surface area contributed by atoms with Crippen LogP contribution < -0.4 is 5.73 Å². The van der Waals surface area contributed by atoms with Gasteiger partial charge in [0.2, 0.25) is 0 Å². The summed E-state index contributed by atoms with van der Waals surface area (Å²) in [5, 5.41) is 10.6. The third-order valence-corrected chi connectivity index (χ3v) is 3.87. The number of ether oxygens (including phenoxy) is 1. The predicted molar refractivity (Wildman–Crippen MR) is 66.6 cm³/mol. The fraction of sp³-hybridized carbons (Fsp3) is 0.615. The van der Waals surface area contributed by atoms with Gasteiger partial charge in [0.25, 0.3) is 0 Å². The Bertz CT molecular complexity index is 380. The molecule has 1 unspecified atom stereocenters. The Kier molecular flexibility index (Phi) is 3.35. The first-order valence-electron chi connectivity index (χ1n) is 6.05. The van der Waals surface area contributed by atoms with Gasteiger partial charge in [0.05, 0.1) is 5.60 Å². The molecule has 0 saturated heterocycles. The smallest absolute Gasteiger partial charge is 0.129 e. The normalized spacial score (nSPS) is 20.4. The van der Waals surface area contributed by atoms with Gasteiger partial charge in [-0.1, -0.05) is 12.8 Å². The highest BCUT2D eigenvalue weighted by molar-refractivity contribution is 5.46. The number of nitrogens with two attached hydrogens (primary N) is 1. The maximum atomic E-state index is 10.6. The lowest BCUT2D eigenvalue weighted by molar-refractivity contribution is -0.100. The molecular weight excluding hydrogens is 216 g/mol. The largest absolute Gasteiger partial charge is 0.385 e. The van der Waals surface area contributed by atoms with Gasteiger partial charge in [-0.2, -0.15) is 0 Å². The Morgan fingerprint density at radius 2 is 2.12 bits per heavy atom. The molecule has 1 saturated carbocycles. The van der Waals surface area contributed by atoms with E-state index in [0.29, 0.717) is 5.82 Å². The highest BCUT2D eigenvalue weighted by Crippen LogP contribution is 2.44. The Balaban J connectivity index is 2.39. The summed E-state index contributed by atoms with van der Waals surface area (Å²) in [5.74, 6) is 0.404. The zero-order valence-corrected chi connectivity index (χ0v) is 10.4. The Morgan fingerprint density at radius 1 is 1.47 bits per heavy atom. The number of nitrogens with zero attached hydrogens (tertiary/aromatic N) is 1. The number of aryl methyl sites for hydroxylation is 1. The second-order valence-corrected chi connectivity index (χ2v) is 4.81. The lowest BCUT2D eigenvalue weighted by Gasteiger charge is -2.34. The number of anilines is 1. The van der Waals surface area contributed by atoms with Crippen LogP contribution in [0.1, 0.15) is 42.9 Å². The molecule has 0 aromatic carbocycles. The lowest BCUT2D eigenvalue weighted by atomic mass is 9.87. The SMILES string of the molecule is COC1(C(O)c2c(C)ccnc2N)CCCC1. The Morgan fingerprint density at radius 3 is 2.65 bits per heavy atom. The quantitative estimate of drug-likeness (QED) is 0.841. The molecule has 1 atom stereocenters. The molecule has 17 heavy (non-hydrogen) atoms. The molecule has 1 fully saturated rings. The van der Waals surface area contributed by atoms with Crippen molar-refractivity contribution in [2.24, 2.45) is 0 Å². The van der Waals surface area contributed by atoms with E-state index in [0.717, 1.165) is 36.8 Å². The third-order valence-electron chi connectivity index (χ3n) is 3.87. The maximum absolute atomic E-state index is 10.6. The standard InChI is InChI=1S/C13H20N2O2/c1-9-5-8-15-12(14)10(9)11(16)13(17-2)6-3-4-7-13/h5,8,11,16H,3-4,6-7H2,1-2H3,(H2,14,15). The van der Waals surface area contributed by atoms with Gasteiger partial charge in [0.1, 0.15) is 11.9 Å². The van der Waals surface area contributed by atoms with Gasteiger partial charge in [0, 0.05) is 18.9 Å². The van der Waals surface area contributed by atoms with Gasteiger partial charge < -0.3 is 15.6 Å². The van der Waals surface area contributed by atoms with Gasteiger partial charge >= 0.3 is 0 Å². The molecule has 0 aliphatic heterocycles. The Hall–Kier alpha value is -1.13. The molecule has 1 heterocycles. The Labute approximate surface area is 102 Å². The monoisotopic (exact) mass is 236 g/mol. The van der Waals surface area contributed by atoms with Gasteiger partial charge in [-0.3, -0.25) is 0 Å². The van der Waals surface area contributed by atoms with E-state index >= 15 is 0 Å².